The molecule has 8 bridgehead atoms. The molecule has 1 aromatic carbocycles. The summed E-state index contributed by atoms with van der Waals surface area (Å²) in [6.45, 7) is 0. The van der Waals surface area contributed by atoms with Crippen molar-refractivity contribution in [1.29, 1.82) is 0 Å². The lowest BCUT2D eigenvalue weighted by atomic mass is 9.49. The summed E-state index contributed by atoms with van der Waals surface area (Å²) < 4.78 is 40.6. The minimum Gasteiger partial charge on any atom is -0.426 e. The van der Waals surface area contributed by atoms with Crippen LogP contribution in [0.15, 0.2) is 24.3 Å². The highest BCUT2D eigenvalue weighted by molar-refractivity contribution is 5.81. The molecule has 8 aliphatic carbocycles. The Morgan fingerprint density at radius 2 is 0.941 bits per heavy atom. The Morgan fingerprint density at radius 3 is 1.26 bits per heavy atom. The lowest BCUT2D eigenvalue weighted by molar-refractivity contribution is -0.169. The summed E-state index contributed by atoms with van der Waals surface area (Å²) in [5.41, 5.74) is -1.09. The van der Waals surface area contributed by atoms with Gasteiger partial charge < -0.3 is 9.47 Å². The fourth-order valence-electron chi connectivity index (χ4n) is 9.43. The number of ether oxygens (including phenoxy) is 2. The van der Waals surface area contributed by atoms with Crippen molar-refractivity contribution in [2.24, 2.45) is 46.3 Å². The summed E-state index contributed by atoms with van der Waals surface area (Å²) in [7, 11) is 0. The van der Waals surface area contributed by atoms with Crippen molar-refractivity contribution >= 4 is 11.9 Å². The fraction of sp³-hybridized carbons (Fsp3) is 0.714. The third-order valence-corrected chi connectivity index (χ3v) is 10.4. The zero-order valence-electron chi connectivity index (χ0n) is 19.4. The van der Waals surface area contributed by atoms with Crippen LogP contribution in [-0.2, 0) is 9.59 Å². The van der Waals surface area contributed by atoms with Gasteiger partial charge >= 0.3 is 11.9 Å². The first-order chi connectivity index (χ1) is 16.3. The second-order valence-electron chi connectivity index (χ2n) is 12.6. The Kier molecular flexibility index (Phi) is 4.56. The van der Waals surface area contributed by atoms with Crippen molar-refractivity contribution < 1.29 is 27.8 Å². The molecule has 0 aromatic heterocycles. The predicted molar refractivity (Wildman–Crippen MR) is 119 cm³/mol. The summed E-state index contributed by atoms with van der Waals surface area (Å²) in [6.07, 6.45) is 6.10. The molecule has 9 rings (SSSR count). The van der Waals surface area contributed by atoms with Crippen LogP contribution in [0.25, 0.3) is 0 Å². The van der Waals surface area contributed by atoms with Crippen LogP contribution in [0.1, 0.15) is 64.2 Å². The van der Waals surface area contributed by atoms with Crippen molar-refractivity contribution in [3.63, 3.8) is 0 Å². The molecule has 0 radical (unpaired) electrons. The van der Waals surface area contributed by atoms with Crippen LogP contribution in [0.2, 0.25) is 0 Å². The summed E-state index contributed by atoms with van der Waals surface area (Å²) in [6, 6.07) is 6.65. The molecule has 0 saturated heterocycles. The molecule has 4 unspecified atom stereocenters. The zero-order valence-corrected chi connectivity index (χ0v) is 19.4. The Bertz CT molecular complexity index is 909. The minimum absolute atomic E-state index is 0.00199. The van der Waals surface area contributed by atoms with Crippen LogP contribution in [0.3, 0.4) is 0 Å². The van der Waals surface area contributed by atoms with Gasteiger partial charge in [-0.2, -0.15) is 0 Å². The maximum absolute atomic E-state index is 14.5. The lowest BCUT2D eigenvalue weighted by Crippen LogP contribution is -2.56. The quantitative estimate of drug-likeness (QED) is 0.411. The van der Waals surface area contributed by atoms with E-state index in [1.165, 1.54) is 0 Å². The van der Waals surface area contributed by atoms with E-state index in [0.29, 0.717) is 49.0 Å². The molecule has 4 atom stereocenters. The van der Waals surface area contributed by atoms with Gasteiger partial charge in [0.2, 0.25) is 0 Å². The minimum atomic E-state index is -0.767. The van der Waals surface area contributed by atoms with E-state index in [4.69, 9.17) is 9.47 Å². The summed E-state index contributed by atoms with van der Waals surface area (Å²) in [4.78, 5) is 26.3. The van der Waals surface area contributed by atoms with Crippen molar-refractivity contribution in [2.45, 2.75) is 76.6 Å². The Morgan fingerprint density at radius 1 is 0.618 bits per heavy atom. The molecule has 0 amide bonds. The molecule has 0 N–H and O–H groups in total. The van der Waals surface area contributed by atoms with Gasteiger partial charge in [0.1, 0.15) is 23.8 Å². The van der Waals surface area contributed by atoms with Crippen LogP contribution in [0.4, 0.5) is 8.78 Å². The van der Waals surface area contributed by atoms with Gasteiger partial charge in [0.05, 0.1) is 10.8 Å². The molecular weight excluding hydrogens is 438 g/mol. The topological polar surface area (TPSA) is 52.6 Å². The van der Waals surface area contributed by atoms with E-state index >= 15 is 0 Å². The molecule has 8 saturated carbocycles. The van der Waals surface area contributed by atoms with Crippen LogP contribution >= 0.6 is 0 Å². The Labute approximate surface area is 198 Å². The number of carbonyl (C=O) groups is 2. The maximum atomic E-state index is 14.5. The average molecular weight is 471 g/mol. The summed E-state index contributed by atoms with van der Waals surface area (Å²) in [5, 5.41) is 0. The van der Waals surface area contributed by atoms with E-state index < -0.39 is 23.2 Å². The highest BCUT2D eigenvalue weighted by Crippen LogP contribution is 2.62. The van der Waals surface area contributed by atoms with Crippen LogP contribution in [-0.4, -0.2) is 24.3 Å². The van der Waals surface area contributed by atoms with E-state index in [1.807, 2.05) is 0 Å². The fourth-order valence-corrected chi connectivity index (χ4v) is 9.43. The average Bonchev–Trinajstić information content (AvgIpc) is 2.81. The van der Waals surface area contributed by atoms with E-state index in [9.17, 15) is 18.4 Å². The van der Waals surface area contributed by atoms with Gasteiger partial charge in [-0.05, 0) is 124 Å². The second kappa shape index (κ2) is 7.27. The van der Waals surface area contributed by atoms with E-state index in [0.717, 1.165) is 38.5 Å². The van der Waals surface area contributed by atoms with Crippen molar-refractivity contribution in [2.75, 3.05) is 0 Å². The number of halogens is 2. The molecule has 0 aliphatic heterocycles. The molecular formula is C28H32F2O4. The van der Waals surface area contributed by atoms with Gasteiger partial charge in [-0.1, -0.05) is 0 Å². The number of benzene rings is 1. The SMILES string of the molecule is O=C(Oc1ccc(OC(=O)C23CC4CC(C2)C(F)C(C4)C3)cc1)C12CC3CC(C1)C(F)C(C3)C2. The smallest absolute Gasteiger partial charge is 0.317 e. The molecule has 182 valence electrons. The number of rotatable bonds is 4. The van der Waals surface area contributed by atoms with Crippen LogP contribution < -0.4 is 9.47 Å². The van der Waals surface area contributed by atoms with Crippen LogP contribution in [0.5, 0.6) is 11.5 Å². The molecule has 4 nitrogen and oxygen atoms in total. The normalized spacial score (nSPS) is 47.6. The summed E-state index contributed by atoms with van der Waals surface area (Å²) >= 11 is 0. The first-order valence-electron chi connectivity index (χ1n) is 13.2. The zero-order chi connectivity index (χ0) is 23.2. The molecule has 6 heteroatoms. The number of hydrogen-bond donors (Lipinski definition) is 0. The van der Waals surface area contributed by atoms with Crippen molar-refractivity contribution in [1.82, 2.24) is 0 Å². The Balaban J connectivity index is 1.02. The molecule has 1 aromatic rings. The molecule has 8 fully saturated rings. The highest BCUT2D eigenvalue weighted by Gasteiger charge is 2.61. The van der Waals surface area contributed by atoms with Gasteiger partial charge in [-0.3, -0.25) is 9.59 Å². The second-order valence-corrected chi connectivity index (χ2v) is 12.6. The molecule has 0 heterocycles. The van der Waals surface area contributed by atoms with Crippen LogP contribution in [0, 0.1) is 46.3 Å². The van der Waals surface area contributed by atoms with Gasteiger partial charge in [-0.15, -0.1) is 0 Å². The molecule has 0 spiro atoms. The third kappa shape index (κ3) is 3.12. The Hall–Kier alpha value is -1.98. The predicted octanol–water partition coefficient (Wildman–Crippen LogP) is 5.83. The van der Waals surface area contributed by atoms with Gasteiger partial charge in [-0.25, -0.2) is 8.78 Å². The van der Waals surface area contributed by atoms with E-state index in [-0.39, 0.29) is 35.6 Å². The first kappa shape index (κ1) is 21.3. The van der Waals surface area contributed by atoms with Crippen molar-refractivity contribution in [3.05, 3.63) is 24.3 Å². The van der Waals surface area contributed by atoms with Crippen molar-refractivity contribution in [3.8, 4) is 11.5 Å². The molecule has 8 aliphatic rings. The van der Waals surface area contributed by atoms with Gasteiger partial charge in [0.25, 0.3) is 0 Å². The summed E-state index contributed by atoms with van der Waals surface area (Å²) in [5.74, 6) is 1.24. The van der Waals surface area contributed by atoms with Gasteiger partial charge in [0, 0.05) is 0 Å². The monoisotopic (exact) mass is 470 g/mol. The van der Waals surface area contributed by atoms with E-state index in [2.05, 4.69) is 0 Å². The molecule has 34 heavy (non-hydrogen) atoms. The maximum Gasteiger partial charge on any atom is 0.317 e. The number of hydrogen-bond acceptors (Lipinski definition) is 4. The first-order valence-corrected chi connectivity index (χ1v) is 13.2. The van der Waals surface area contributed by atoms with Gasteiger partial charge in [0.15, 0.2) is 0 Å². The third-order valence-electron chi connectivity index (χ3n) is 10.4. The number of carbonyl (C=O) groups excluding carboxylic acids is 2. The number of alkyl halides is 2. The highest BCUT2D eigenvalue weighted by atomic mass is 19.1. The van der Waals surface area contributed by atoms with E-state index in [1.54, 1.807) is 24.3 Å². The largest absolute Gasteiger partial charge is 0.426 e. The lowest BCUT2D eigenvalue weighted by Gasteiger charge is -2.56. The number of esters is 2. The standard InChI is InChI=1S/C28H32F2O4/c29-23-17-5-15-6-18(23)12-27(9-15,11-17)25(31)33-21-1-2-22(4-3-21)34-26(32)28-10-16-7-19(13-28)24(30)20(8-16)14-28/h1-4,15-20,23-24H,5-14H2.